The second kappa shape index (κ2) is 9.51. The van der Waals surface area contributed by atoms with Crippen LogP contribution >= 0.6 is 11.3 Å². The molecule has 166 valence electrons. The molecule has 0 aliphatic carbocycles. The van der Waals surface area contributed by atoms with Crippen molar-refractivity contribution >= 4 is 28.8 Å². The number of fused-ring (bicyclic) bond motifs is 1. The van der Waals surface area contributed by atoms with Crippen molar-refractivity contribution in [1.82, 2.24) is 14.7 Å². The molecule has 1 fully saturated rings. The Morgan fingerprint density at radius 1 is 1.06 bits per heavy atom. The predicted octanol–water partition coefficient (Wildman–Crippen LogP) is 2.89. The van der Waals surface area contributed by atoms with Crippen LogP contribution in [-0.2, 0) is 22.6 Å². The molecule has 1 aromatic carbocycles. The number of piperazine rings is 1. The number of thiophene rings is 1. The van der Waals surface area contributed by atoms with Gasteiger partial charge < -0.3 is 10.2 Å². The van der Waals surface area contributed by atoms with Crippen molar-refractivity contribution in [3.63, 3.8) is 0 Å². The molecule has 3 heterocycles. The fourth-order valence-corrected chi connectivity index (χ4v) is 5.45. The van der Waals surface area contributed by atoms with Gasteiger partial charge in [-0.1, -0.05) is 18.2 Å². The Morgan fingerprint density at radius 3 is 2.48 bits per heavy atom. The van der Waals surface area contributed by atoms with Crippen LogP contribution in [0.25, 0.3) is 0 Å². The Labute approximate surface area is 188 Å². The maximum atomic E-state index is 13.1. The fraction of sp³-hybridized carbons (Fsp3) is 0.500. The third kappa shape index (κ3) is 5.00. The summed E-state index contributed by atoms with van der Waals surface area (Å²) in [7, 11) is 0. The van der Waals surface area contributed by atoms with Gasteiger partial charge in [-0.3, -0.25) is 19.4 Å². The minimum atomic E-state index is -0.120. The standard InChI is InChI=1S/C24H32N4O2S/c1-17-5-4-6-18(2)23(17)25-22(29)16-26-10-12-27(13-11-26)19(3)24(30)28-9-7-21-20(15-28)8-14-31-21/h4-6,8,14,19H,7,9-13,15-16H2,1-3H3,(H,25,29). The van der Waals surface area contributed by atoms with Crippen molar-refractivity contribution in [3.05, 3.63) is 51.2 Å². The highest BCUT2D eigenvalue weighted by Gasteiger charge is 2.31. The number of para-hydroxylation sites is 1. The lowest BCUT2D eigenvalue weighted by atomic mass is 10.1. The zero-order valence-electron chi connectivity index (χ0n) is 18.7. The van der Waals surface area contributed by atoms with E-state index < -0.39 is 0 Å². The van der Waals surface area contributed by atoms with Gasteiger partial charge in [0.25, 0.3) is 0 Å². The van der Waals surface area contributed by atoms with Gasteiger partial charge in [0.05, 0.1) is 12.6 Å². The molecule has 7 heteroatoms. The maximum absolute atomic E-state index is 13.1. The summed E-state index contributed by atoms with van der Waals surface area (Å²) in [6.07, 6.45) is 0.967. The topological polar surface area (TPSA) is 55.9 Å². The Bertz CT molecular complexity index is 929. The Kier molecular flexibility index (Phi) is 6.74. The van der Waals surface area contributed by atoms with Crippen molar-refractivity contribution in [2.45, 2.75) is 39.8 Å². The van der Waals surface area contributed by atoms with Crippen molar-refractivity contribution in [2.24, 2.45) is 0 Å². The van der Waals surface area contributed by atoms with E-state index in [9.17, 15) is 9.59 Å². The smallest absolute Gasteiger partial charge is 0.239 e. The van der Waals surface area contributed by atoms with Crippen LogP contribution in [-0.4, -0.2) is 71.8 Å². The molecule has 1 unspecified atom stereocenters. The van der Waals surface area contributed by atoms with E-state index in [0.29, 0.717) is 6.54 Å². The molecule has 0 bridgehead atoms. The number of carbonyl (C=O) groups is 2. The van der Waals surface area contributed by atoms with E-state index >= 15 is 0 Å². The first-order chi connectivity index (χ1) is 14.9. The first kappa shape index (κ1) is 22.0. The SMILES string of the molecule is Cc1cccc(C)c1NC(=O)CN1CCN(C(C)C(=O)N2CCc3sccc3C2)CC1. The van der Waals surface area contributed by atoms with E-state index in [1.807, 2.05) is 43.9 Å². The van der Waals surface area contributed by atoms with E-state index in [0.717, 1.165) is 62.5 Å². The van der Waals surface area contributed by atoms with Gasteiger partial charge in [-0.05, 0) is 55.3 Å². The fourth-order valence-electron chi connectivity index (χ4n) is 4.56. The summed E-state index contributed by atoms with van der Waals surface area (Å²) in [6.45, 7) is 11.2. The minimum absolute atomic E-state index is 0.0230. The van der Waals surface area contributed by atoms with Crippen LogP contribution in [0, 0.1) is 13.8 Å². The molecule has 1 saturated heterocycles. The highest BCUT2D eigenvalue weighted by Crippen LogP contribution is 2.25. The number of hydrogen-bond acceptors (Lipinski definition) is 5. The summed E-state index contributed by atoms with van der Waals surface area (Å²) >= 11 is 1.80. The number of rotatable bonds is 5. The lowest BCUT2D eigenvalue weighted by molar-refractivity contribution is -0.138. The van der Waals surface area contributed by atoms with Gasteiger partial charge in [-0.2, -0.15) is 0 Å². The molecule has 2 aliphatic heterocycles. The lowest BCUT2D eigenvalue weighted by Crippen LogP contribution is -2.55. The third-order valence-electron chi connectivity index (χ3n) is 6.54. The van der Waals surface area contributed by atoms with Crippen LogP contribution in [0.1, 0.15) is 28.5 Å². The zero-order valence-corrected chi connectivity index (χ0v) is 19.5. The molecule has 0 saturated carbocycles. The van der Waals surface area contributed by atoms with Gasteiger partial charge in [0.2, 0.25) is 11.8 Å². The molecule has 2 amide bonds. The largest absolute Gasteiger partial charge is 0.337 e. The van der Waals surface area contributed by atoms with Crippen molar-refractivity contribution in [1.29, 1.82) is 0 Å². The monoisotopic (exact) mass is 440 g/mol. The normalized spacial score (nSPS) is 18.5. The quantitative estimate of drug-likeness (QED) is 0.777. The van der Waals surface area contributed by atoms with Crippen molar-refractivity contribution in [3.8, 4) is 0 Å². The van der Waals surface area contributed by atoms with E-state index in [-0.39, 0.29) is 17.9 Å². The Balaban J connectivity index is 1.25. The minimum Gasteiger partial charge on any atom is -0.337 e. The molecule has 0 radical (unpaired) electrons. The maximum Gasteiger partial charge on any atom is 0.239 e. The van der Waals surface area contributed by atoms with Crippen LogP contribution in [0.4, 0.5) is 5.69 Å². The summed E-state index contributed by atoms with van der Waals surface area (Å²) in [6, 6.07) is 8.06. The molecule has 1 N–H and O–H groups in total. The molecule has 2 aromatic rings. The van der Waals surface area contributed by atoms with E-state index in [1.165, 1.54) is 10.4 Å². The number of carbonyl (C=O) groups excluding carboxylic acids is 2. The van der Waals surface area contributed by atoms with Gasteiger partial charge >= 0.3 is 0 Å². The number of hydrogen-bond donors (Lipinski definition) is 1. The molecular weight excluding hydrogens is 408 g/mol. The average molecular weight is 441 g/mol. The molecule has 0 spiro atoms. The first-order valence-electron chi connectivity index (χ1n) is 11.1. The van der Waals surface area contributed by atoms with Crippen LogP contribution in [0.15, 0.2) is 29.6 Å². The lowest BCUT2D eigenvalue weighted by Gasteiger charge is -2.39. The molecular formula is C24H32N4O2S. The highest BCUT2D eigenvalue weighted by molar-refractivity contribution is 7.10. The highest BCUT2D eigenvalue weighted by atomic mass is 32.1. The summed E-state index contributed by atoms with van der Waals surface area (Å²) in [5, 5.41) is 5.20. The number of anilines is 1. The first-order valence-corrected chi connectivity index (χ1v) is 12.0. The Hall–Kier alpha value is -2.22. The molecule has 1 atom stereocenters. The summed E-state index contributed by atoms with van der Waals surface area (Å²) in [5.41, 5.74) is 4.38. The average Bonchev–Trinajstić information content (AvgIpc) is 3.24. The van der Waals surface area contributed by atoms with E-state index in [1.54, 1.807) is 11.3 Å². The Morgan fingerprint density at radius 2 is 1.77 bits per heavy atom. The third-order valence-corrected chi connectivity index (χ3v) is 7.57. The molecule has 31 heavy (non-hydrogen) atoms. The summed E-state index contributed by atoms with van der Waals surface area (Å²) in [4.78, 5) is 33.5. The summed E-state index contributed by atoms with van der Waals surface area (Å²) in [5.74, 6) is 0.243. The molecule has 4 rings (SSSR count). The van der Waals surface area contributed by atoms with Crippen molar-refractivity contribution in [2.75, 3.05) is 44.6 Å². The van der Waals surface area contributed by atoms with Crippen LogP contribution < -0.4 is 5.32 Å². The number of nitrogens with one attached hydrogen (secondary N) is 1. The van der Waals surface area contributed by atoms with Gasteiger partial charge in [-0.15, -0.1) is 11.3 Å². The van der Waals surface area contributed by atoms with E-state index in [4.69, 9.17) is 0 Å². The number of amides is 2. The van der Waals surface area contributed by atoms with Crippen LogP contribution in [0.5, 0.6) is 0 Å². The van der Waals surface area contributed by atoms with E-state index in [2.05, 4.69) is 26.6 Å². The van der Waals surface area contributed by atoms with Crippen LogP contribution in [0.3, 0.4) is 0 Å². The van der Waals surface area contributed by atoms with Crippen LogP contribution in [0.2, 0.25) is 0 Å². The number of nitrogens with zero attached hydrogens (tertiary/aromatic N) is 3. The zero-order chi connectivity index (χ0) is 22.0. The predicted molar refractivity (Wildman–Crippen MR) is 125 cm³/mol. The number of benzene rings is 1. The van der Waals surface area contributed by atoms with Crippen molar-refractivity contribution < 1.29 is 9.59 Å². The van der Waals surface area contributed by atoms with Gasteiger partial charge in [0.1, 0.15) is 0 Å². The summed E-state index contributed by atoms with van der Waals surface area (Å²) < 4.78 is 0. The molecule has 2 aliphatic rings. The molecule has 1 aromatic heterocycles. The second-order valence-electron chi connectivity index (χ2n) is 8.68. The van der Waals surface area contributed by atoms with Gasteiger partial charge in [0.15, 0.2) is 0 Å². The van der Waals surface area contributed by atoms with Gasteiger partial charge in [-0.25, -0.2) is 0 Å². The van der Waals surface area contributed by atoms with Gasteiger partial charge in [0, 0.05) is 49.8 Å². The number of aryl methyl sites for hydroxylation is 2. The second-order valence-corrected chi connectivity index (χ2v) is 9.68. The molecule has 6 nitrogen and oxygen atoms in total.